The zero-order chi connectivity index (χ0) is 78.4. The monoisotopic (exact) mass is 1670 g/mol. The molecule has 6 aliphatic rings. The minimum atomic E-state index is -3.07. The molecule has 3 aromatic heterocycles. The third-order valence-electron chi connectivity index (χ3n) is 17.2. The first-order valence-electron chi connectivity index (χ1n) is 33.5. The van der Waals surface area contributed by atoms with Crippen molar-refractivity contribution in [2.45, 2.75) is 94.6 Å². The van der Waals surface area contributed by atoms with Crippen molar-refractivity contribution in [1.29, 1.82) is 0 Å². The maximum Gasteiger partial charge on any atom is 0.338 e. The molecule has 37 heteroatoms. The average molecular weight is 1670 g/mol. The molecule has 3 saturated heterocycles. The van der Waals surface area contributed by atoms with E-state index in [1.54, 1.807) is 71.4 Å². The third kappa shape index (κ3) is 21.2. The van der Waals surface area contributed by atoms with Gasteiger partial charge in [-0.25, -0.2) is 74.5 Å². The Morgan fingerprint density at radius 1 is 0.541 bits per heavy atom. The van der Waals surface area contributed by atoms with Gasteiger partial charge >= 0.3 is 35.8 Å². The van der Waals surface area contributed by atoms with Gasteiger partial charge < -0.3 is 45.5 Å². The summed E-state index contributed by atoms with van der Waals surface area (Å²) in [4.78, 5) is 104. The molecule has 0 radical (unpaired) electrons. The van der Waals surface area contributed by atoms with E-state index >= 15 is 0 Å². The normalized spacial score (nSPS) is 22.3. The summed E-state index contributed by atoms with van der Waals surface area (Å²) < 4.78 is 115. The van der Waals surface area contributed by atoms with Crippen molar-refractivity contribution < 1.29 is 89.0 Å². The SMILES string of the molecule is CCOC(=O)C1=C(CN2CC(F)(F)CC2/C=C/C(=O)O)NC(c2nccs2)=N[C@H]1c1ccc(F)cc1Cl.CCOC(=O)C1=C(CN2CC(F)CC2/C=C/C(=O)O)NC(c2nccs2)=N[C@H]1c1ccc(F)cc1Br.CCOC(=O)C1=C(CN2CC(F)CC2/C=C/C(=O)O)NC(c2nccs2)=N[C@H]1c1ccc(F)cc1Cl. The number of rotatable bonds is 24. The van der Waals surface area contributed by atoms with Crippen LogP contribution in [0.25, 0.3) is 0 Å². The van der Waals surface area contributed by atoms with Crippen molar-refractivity contribution >= 4 is 126 Å². The van der Waals surface area contributed by atoms with E-state index in [1.165, 1.54) is 93.5 Å². The van der Waals surface area contributed by atoms with Gasteiger partial charge in [-0.3, -0.25) is 29.7 Å². The number of nitrogens with zero attached hydrogens (tertiary/aromatic N) is 9. The number of hydrogen-bond donors (Lipinski definition) is 6. The Labute approximate surface area is 648 Å². The second-order valence-electron chi connectivity index (χ2n) is 24.6. The molecule has 24 nitrogen and oxygen atoms in total. The molecule has 6 N–H and O–H groups in total. The van der Waals surface area contributed by atoms with Crippen LogP contribution in [0.15, 0.2) is 179 Å². The Morgan fingerprint density at radius 3 is 1.21 bits per heavy atom. The number of aliphatic carboxylic acids is 3. The predicted octanol–water partition coefficient (Wildman–Crippen LogP) is 12.1. The molecule has 6 aromatic rings. The summed E-state index contributed by atoms with van der Waals surface area (Å²) in [5.74, 6) is -9.14. The summed E-state index contributed by atoms with van der Waals surface area (Å²) in [6.45, 7) is 4.66. The fourth-order valence-corrected chi connectivity index (χ4v) is 15.6. The summed E-state index contributed by atoms with van der Waals surface area (Å²) in [5.41, 5.74) is 2.65. The summed E-state index contributed by atoms with van der Waals surface area (Å²) in [6.07, 6.45) is 8.99. The molecule has 0 saturated carbocycles. The van der Waals surface area contributed by atoms with Crippen LogP contribution in [0.4, 0.5) is 30.7 Å². The molecule has 6 aliphatic heterocycles. The number of carboxylic acids is 3. The number of aromatic nitrogens is 3. The van der Waals surface area contributed by atoms with Crippen molar-refractivity contribution in [3.63, 3.8) is 0 Å². The maximum absolute atomic E-state index is 14.4. The highest BCUT2D eigenvalue weighted by molar-refractivity contribution is 9.10. The number of carbonyl (C=O) groups excluding carboxylic acids is 3. The van der Waals surface area contributed by atoms with Crippen LogP contribution in [0.3, 0.4) is 0 Å². The molecule has 3 aromatic carbocycles. The lowest BCUT2D eigenvalue weighted by Crippen LogP contribution is -2.41. The predicted molar refractivity (Wildman–Crippen MR) is 396 cm³/mol. The number of halogens is 10. The van der Waals surface area contributed by atoms with E-state index in [0.717, 1.165) is 30.4 Å². The molecule has 9 heterocycles. The minimum absolute atomic E-state index is 0.0188. The van der Waals surface area contributed by atoms with Gasteiger partial charge in [0.2, 0.25) is 0 Å². The van der Waals surface area contributed by atoms with Gasteiger partial charge in [-0.15, -0.1) is 34.0 Å². The number of esters is 3. The van der Waals surface area contributed by atoms with Gasteiger partial charge in [0.05, 0.1) is 43.1 Å². The van der Waals surface area contributed by atoms with E-state index < -0.39 is 121 Å². The van der Waals surface area contributed by atoms with Crippen LogP contribution in [0.2, 0.25) is 10.0 Å². The maximum atomic E-state index is 14.4. The molecular formula is C72H68BrCl2F7N12O12S3. The molecule has 0 amide bonds. The average Bonchev–Trinajstić information content (AvgIpc) is 1.64. The number of carboxylic acid groups (broad SMARTS) is 3. The van der Waals surface area contributed by atoms with Gasteiger partial charge in [-0.2, -0.15) is 0 Å². The molecule has 0 bridgehead atoms. The van der Waals surface area contributed by atoms with E-state index in [-0.39, 0.29) is 104 Å². The summed E-state index contributed by atoms with van der Waals surface area (Å²) >= 11 is 20.0. The van der Waals surface area contributed by atoms with E-state index in [1.807, 2.05) is 0 Å². The number of ether oxygens (including phenoxy) is 3. The molecule has 12 rings (SSSR count). The van der Waals surface area contributed by atoms with Gasteiger partial charge in [0, 0.05) is 153 Å². The van der Waals surface area contributed by atoms with Crippen LogP contribution in [0.5, 0.6) is 0 Å². The van der Waals surface area contributed by atoms with Crippen LogP contribution in [-0.4, -0.2) is 194 Å². The fourth-order valence-electron chi connectivity index (χ4n) is 12.7. The Balaban J connectivity index is 0.000000174. The summed E-state index contributed by atoms with van der Waals surface area (Å²) in [5, 5.41) is 43.4. The molecule has 576 valence electrons. The number of thiazole rings is 3. The van der Waals surface area contributed by atoms with E-state index in [0.29, 0.717) is 59.3 Å². The van der Waals surface area contributed by atoms with Crippen LogP contribution in [-0.2, 0) is 43.0 Å². The number of amidine groups is 3. The van der Waals surface area contributed by atoms with Crippen molar-refractivity contribution in [2.75, 3.05) is 59.1 Å². The fraction of sp³-hybridized carbons (Fsp3) is 0.333. The Bertz CT molecular complexity index is 4480. The van der Waals surface area contributed by atoms with Gasteiger partial charge in [0.25, 0.3) is 5.92 Å². The van der Waals surface area contributed by atoms with Gasteiger partial charge in [-0.05, 0) is 75.6 Å². The Morgan fingerprint density at radius 2 is 0.881 bits per heavy atom. The lowest BCUT2D eigenvalue weighted by atomic mass is 9.95. The zero-order valence-electron chi connectivity index (χ0n) is 57.8. The smallest absolute Gasteiger partial charge is 0.338 e. The second kappa shape index (κ2) is 37.4. The van der Waals surface area contributed by atoms with Gasteiger partial charge in [-0.1, -0.05) is 75.6 Å². The van der Waals surface area contributed by atoms with Crippen LogP contribution in [0.1, 0.15) is 89.9 Å². The van der Waals surface area contributed by atoms with Gasteiger partial charge in [0.1, 0.15) is 47.9 Å². The molecule has 5 unspecified atom stereocenters. The number of hydrogen-bond acceptors (Lipinski definition) is 24. The lowest BCUT2D eigenvalue weighted by molar-refractivity contribution is -0.139. The highest BCUT2D eigenvalue weighted by atomic mass is 79.9. The number of likely N-dealkylation sites (tertiary alicyclic amines) is 3. The van der Waals surface area contributed by atoms with Crippen molar-refractivity contribution in [3.05, 3.63) is 223 Å². The van der Waals surface area contributed by atoms with Gasteiger partial charge in [0.15, 0.2) is 32.5 Å². The molecular weight excluding hydrogens is 1600 g/mol. The highest BCUT2D eigenvalue weighted by Gasteiger charge is 2.46. The quantitative estimate of drug-likeness (QED) is 0.0142. The Kier molecular flexibility index (Phi) is 28.2. The first-order chi connectivity index (χ1) is 52.1. The first kappa shape index (κ1) is 82.2. The number of carbonyl (C=O) groups is 6. The van der Waals surface area contributed by atoms with E-state index in [9.17, 15) is 59.5 Å². The third-order valence-corrected chi connectivity index (χ3v) is 20.9. The van der Waals surface area contributed by atoms with E-state index in [4.69, 9.17) is 62.7 Å². The van der Waals surface area contributed by atoms with Crippen LogP contribution >= 0.6 is 73.1 Å². The van der Waals surface area contributed by atoms with Crippen molar-refractivity contribution in [1.82, 2.24) is 45.6 Å². The zero-order valence-corrected chi connectivity index (χ0v) is 63.3. The van der Waals surface area contributed by atoms with Crippen molar-refractivity contribution in [2.24, 2.45) is 15.0 Å². The molecule has 8 atom stereocenters. The first-order valence-corrected chi connectivity index (χ1v) is 37.7. The number of nitrogens with one attached hydrogen (secondary N) is 3. The molecule has 0 aliphatic carbocycles. The topological polar surface area (TPSA) is 312 Å². The Hall–Kier alpha value is -9.33. The van der Waals surface area contributed by atoms with Crippen molar-refractivity contribution in [3.8, 4) is 0 Å². The second-order valence-corrected chi connectivity index (χ2v) is 29.0. The lowest BCUT2D eigenvalue weighted by Gasteiger charge is -2.31. The summed E-state index contributed by atoms with van der Waals surface area (Å²) in [7, 11) is 0. The molecule has 109 heavy (non-hydrogen) atoms. The number of alkyl halides is 4. The highest BCUT2D eigenvalue weighted by Crippen LogP contribution is 2.43. The summed E-state index contributed by atoms with van der Waals surface area (Å²) in [6, 6.07) is 6.89. The standard InChI is InChI=1S/C24H23BrF2N4O4S.C24H22ClF3N4O4S.C24H23ClF2N4O4S/c1-2-35-24(34)20-18(12-31-11-14(27)9-15(31)4-6-19(32)33)29-22(23-28-7-8-36-23)30-21(20)16-5-3-13(26)10-17(16)25;1-2-36-23(35)19-17(11-32-12-24(27,28)10-14(32)4-6-18(33)34)30-21(22-29-7-8-37-22)31-20(19)15-5-3-13(26)9-16(15)25;1-2-35-24(34)20-18(12-31-11-14(27)9-15(31)4-6-19(32)33)29-22(23-28-7-8-36-23)30-21(20)16-5-3-13(26)10-17(16)25/h3-8,10,14-15,21H,2,9,11-12H2,1H3,(H,29,30)(H,32,33);3-9,14,20H,2,10-12H2,1H3,(H,30,31)(H,33,34);3-8,10,14-15,21H,2,9,11-12H2,1H3,(H,29,30)(H,32,33)/b3*6-4+/t14?,15?,21-;14?,20-;14?,15?,21-/m000/s1. The largest absolute Gasteiger partial charge is 0.478 e. The van der Waals surface area contributed by atoms with Crippen LogP contribution < -0.4 is 16.0 Å². The molecule has 3 fully saturated rings. The number of benzene rings is 3. The molecule has 0 spiro atoms. The van der Waals surface area contributed by atoms with E-state index in [2.05, 4.69) is 51.8 Å². The minimum Gasteiger partial charge on any atom is -0.478 e. The van der Waals surface area contributed by atoms with Crippen LogP contribution in [0, 0.1) is 17.5 Å². The number of aliphatic imine (C=N–C) groups is 3.